The van der Waals surface area contributed by atoms with Crippen LogP contribution >= 0.6 is 0 Å². The van der Waals surface area contributed by atoms with Gasteiger partial charge in [-0.15, -0.1) is 0 Å². The van der Waals surface area contributed by atoms with Crippen molar-refractivity contribution in [3.05, 3.63) is 36.5 Å². The highest BCUT2D eigenvalue weighted by Crippen LogP contribution is 2.20. The fraction of sp³-hybridized carbons (Fsp3) is 0.914. The lowest BCUT2D eigenvalue weighted by molar-refractivity contribution is -0.139. The maximum atomic E-state index is 11.5. The predicted octanol–water partition coefficient (Wildman–Crippen LogP) is 35.8. The van der Waals surface area contributed by atoms with Gasteiger partial charge in [0.05, 0.1) is 13.2 Å². The second kappa shape index (κ2) is 118. The van der Waals surface area contributed by atoms with E-state index in [4.69, 9.17) is 23.7 Å². The number of rotatable bonds is 89. The van der Waals surface area contributed by atoms with Crippen LogP contribution in [0.15, 0.2) is 36.5 Å². The first-order chi connectivity index (χ1) is 55.4. The van der Waals surface area contributed by atoms with Gasteiger partial charge in [-0.25, -0.2) is 4.79 Å². The number of hydrogen-bond acceptors (Lipinski definition) is 8. The molecular formula is C105H210O8. The standard InChI is InChI=1S/C30H58O2.C20H42O.C18H34O2.C18H38O.C17H32O2.C2H6/c1-29(2)30(31)27-25-23-21-19-17-15-13-11-9-7-5-4-6-8-10-12-14-16-18-20-22-24-26-28-32-3;1-3-4-5-6-7-8-9-10-11-12-13-14-15-16-17-18-19-20-21-2;1-4-5-6-7-8-9-10-11-12-13-14-15-20-16-17(2)18(3)19;1-3-4-5-6-7-8-9-10-11-12-13-14-15-16-17-18-19-2;1-4-5-6-7-8-9-10-11-12-13-14-15-19-17(18)16(2)3;1-2/h1,4-28H2,2-3H3;3-20H2,1-2H3;2,4-16H2,1,3H3;3-18H2,1-2H3;2,4-15H2,1,3H3;1-2H3. The van der Waals surface area contributed by atoms with Gasteiger partial charge in [-0.3, -0.25) is 9.59 Å². The lowest BCUT2D eigenvalue weighted by Crippen LogP contribution is -2.05. The van der Waals surface area contributed by atoms with E-state index >= 15 is 0 Å². The number of Topliss-reactive ketones (excluding diaryl/α,β-unsaturated/α-hetero) is 2. The minimum atomic E-state index is -0.257. The number of carbonyl (C=O) groups excluding carboxylic acids is 3. The molecule has 8 heteroatoms. The van der Waals surface area contributed by atoms with E-state index in [1.165, 1.54) is 482 Å². The Bertz CT molecular complexity index is 1730. The first kappa shape index (κ1) is 122. The SMILES string of the molecule is C=C(C)C(=O)CCCCCCCCCCCCCCCCCCCCCCCCCOC.C=C(C)C(=O)OCCCCCCCCCCCCC.C=C(COCCCCCCCCCCCCC)C(C)=O.CC.CCCCCCCCCCCCCCCCCCCOC.CCCCCCCCCCCCCCCCCOC. The van der Waals surface area contributed by atoms with Crippen LogP contribution in [0.3, 0.4) is 0 Å². The smallest absolute Gasteiger partial charge is 0.333 e. The van der Waals surface area contributed by atoms with Crippen LogP contribution in [0.1, 0.15) is 563 Å². The number of hydrogen-bond donors (Lipinski definition) is 0. The fourth-order valence-corrected chi connectivity index (χ4v) is 14.3. The van der Waals surface area contributed by atoms with Crippen molar-refractivity contribution < 1.29 is 38.1 Å². The van der Waals surface area contributed by atoms with Crippen LogP contribution in [-0.4, -0.2) is 78.5 Å². The van der Waals surface area contributed by atoms with Crippen molar-refractivity contribution in [3.63, 3.8) is 0 Å². The van der Waals surface area contributed by atoms with E-state index in [1.807, 2.05) is 20.8 Å². The summed E-state index contributed by atoms with van der Waals surface area (Å²) in [5.41, 5.74) is 1.78. The molecule has 0 aromatic heterocycles. The molecule has 678 valence electrons. The van der Waals surface area contributed by atoms with E-state index in [2.05, 4.69) is 47.4 Å². The van der Waals surface area contributed by atoms with E-state index in [9.17, 15) is 14.4 Å². The summed E-state index contributed by atoms with van der Waals surface area (Å²) in [5.74, 6) is 0.0205. The Morgan fingerprint density at radius 3 is 0.558 bits per heavy atom. The summed E-state index contributed by atoms with van der Waals surface area (Å²) >= 11 is 0. The van der Waals surface area contributed by atoms with Crippen molar-refractivity contribution in [2.45, 2.75) is 563 Å². The predicted molar refractivity (Wildman–Crippen MR) is 506 cm³/mol. The summed E-state index contributed by atoms with van der Waals surface area (Å²) in [6, 6.07) is 0. The molecule has 8 nitrogen and oxygen atoms in total. The van der Waals surface area contributed by atoms with Gasteiger partial charge in [-0.05, 0) is 64.9 Å². The Labute approximate surface area is 712 Å². The van der Waals surface area contributed by atoms with Crippen molar-refractivity contribution >= 4 is 17.5 Å². The second-order valence-corrected chi connectivity index (χ2v) is 33.9. The van der Waals surface area contributed by atoms with Crippen molar-refractivity contribution in [2.24, 2.45) is 0 Å². The van der Waals surface area contributed by atoms with Crippen LogP contribution in [0, 0.1) is 0 Å². The zero-order chi connectivity index (χ0) is 84.4. The van der Waals surface area contributed by atoms with Crippen LogP contribution in [0.5, 0.6) is 0 Å². The number of methoxy groups -OCH3 is 3. The Morgan fingerprint density at radius 1 is 0.221 bits per heavy atom. The summed E-state index contributed by atoms with van der Waals surface area (Å²) in [4.78, 5) is 33.5. The molecule has 0 atom stereocenters. The Hall–Kier alpha value is -2.13. The van der Waals surface area contributed by atoms with Gasteiger partial charge < -0.3 is 23.7 Å². The summed E-state index contributed by atoms with van der Waals surface area (Å²) < 4.78 is 25.7. The molecule has 0 aliphatic carbocycles. The summed E-state index contributed by atoms with van der Waals surface area (Å²) in [5, 5.41) is 0. The average Bonchev–Trinajstić information content (AvgIpc) is 1.18. The van der Waals surface area contributed by atoms with Crippen LogP contribution in [-0.2, 0) is 38.1 Å². The Balaban J connectivity index is -0.000000320. The molecular weight excluding hydrogens is 1390 g/mol. The summed E-state index contributed by atoms with van der Waals surface area (Å²) in [7, 11) is 5.39. The topological polar surface area (TPSA) is 97.4 Å². The molecule has 0 aliphatic rings. The van der Waals surface area contributed by atoms with Gasteiger partial charge in [-0.1, -0.05) is 517 Å². The van der Waals surface area contributed by atoms with Crippen LogP contribution in [0.4, 0.5) is 0 Å². The fourth-order valence-electron chi connectivity index (χ4n) is 14.3. The summed E-state index contributed by atoms with van der Waals surface area (Å²) in [6.45, 7) is 33.6. The molecule has 0 spiro atoms. The molecule has 0 heterocycles. The molecule has 0 radical (unpaired) electrons. The van der Waals surface area contributed by atoms with Crippen LogP contribution < -0.4 is 0 Å². The minimum Gasteiger partial charge on any atom is -0.462 e. The van der Waals surface area contributed by atoms with Gasteiger partial charge in [0.15, 0.2) is 11.6 Å². The molecule has 0 unspecified atom stereocenters. The zero-order valence-electron chi connectivity index (χ0n) is 79.8. The maximum Gasteiger partial charge on any atom is 0.333 e. The van der Waals surface area contributed by atoms with Gasteiger partial charge in [0.25, 0.3) is 0 Å². The largest absolute Gasteiger partial charge is 0.462 e. The number of unbranched alkanes of at least 4 members (excludes halogenated alkanes) is 72. The number of ketones is 2. The Kier molecular flexibility index (Phi) is 128. The third-order valence-corrected chi connectivity index (χ3v) is 22.1. The third kappa shape index (κ3) is 128. The lowest BCUT2D eigenvalue weighted by atomic mass is 10.0. The highest BCUT2D eigenvalue weighted by atomic mass is 16.5. The van der Waals surface area contributed by atoms with E-state index in [0.717, 1.165) is 45.7 Å². The number of allylic oxidation sites excluding steroid dienone is 1. The van der Waals surface area contributed by atoms with Crippen LogP contribution in [0.25, 0.3) is 0 Å². The van der Waals surface area contributed by atoms with E-state index in [1.54, 1.807) is 28.3 Å². The zero-order valence-corrected chi connectivity index (χ0v) is 79.8. The second-order valence-electron chi connectivity index (χ2n) is 33.9. The van der Waals surface area contributed by atoms with Crippen molar-refractivity contribution in [3.8, 4) is 0 Å². The molecule has 0 aromatic rings. The molecule has 0 bridgehead atoms. The molecule has 0 N–H and O–H groups in total. The Morgan fingerprint density at radius 2 is 0.389 bits per heavy atom. The van der Waals surface area contributed by atoms with Gasteiger partial charge >= 0.3 is 5.97 Å². The van der Waals surface area contributed by atoms with Gasteiger partial charge in [0.1, 0.15) is 0 Å². The molecule has 0 amide bonds. The van der Waals surface area contributed by atoms with Crippen molar-refractivity contribution in [1.29, 1.82) is 0 Å². The molecule has 0 aliphatic heterocycles. The lowest BCUT2D eigenvalue weighted by Gasteiger charge is -2.05. The molecule has 0 fully saturated rings. The number of esters is 1. The van der Waals surface area contributed by atoms with Crippen molar-refractivity contribution in [2.75, 3.05) is 61.0 Å². The first-order valence-corrected chi connectivity index (χ1v) is 50.6. The molecule has 0 rings (SSSR count). The molecule has 113 heavy (non-hydrogen) atoms. The van der Waals surface area contributed by atoms with E-state index in [0.29, 0.717) is 36.4 Å². The number of ether oxygens (including phenoxy) is 5. The molecule has 0 saturated carbocycles. The first-order valence-electron chi connectivity index (χ1n) is 50.6. The monoisotopic (exact) mass is 1600 g/mol. The van der Waals surface area contributed by atoms with Gasteiger partial charge in [0, 0.05) is 65.3 Å². The molecule has 0 aromatic carbocycles. The summed E-state index contributed by atoms with van der Waals surface area (Å²) in [6.07, 6.45) is 108. The van der Waals surface area contributed by atoms with Gasteiger partial charge in [-0.2, -0.15) is 0 Å². The van der Waals surface area contributed by atoms with E-state index in [-0.39, 0.29) is 17.5 Å². The van der Waals surface area contributed by atoms with Crippen LogP contribution in [0.2, 0.25) is 0 Å². The normalized spacial score (nSPS) is 10.8. The highest BCUT2D eigenvalue weighted by molar-refractivity contribution is 5.94. The maximum absolute atomic E-state index is 11.5. The third-order valence-electron chi connectivity index (χ3n) is 22.1. The molecule has 0 saturated heterocycles. The number of carbonyl (C=O) groups is 3. The van der Waals surface area contributed by atoms with Crippen molar-refractivity contribution in [1.82, 2.24) is 0 Å². The van der Waals surface area contributed by atoms with Gasteiger partial charge in [0.2, 0.25) is 0 Å². The minimum absolute atomic E-state index is 0.0314. The average molecular weight is 1600 g/mol. The van der Waals surface area contributed by atoms with E-state index < -0.39 is 0 Å². The highest BCUT2D eigenvalue weighted by Gasteiger charge is 2.06. The quantitative estimate of drug-likeness (QED) is 0.0337.